The average Bonchev–Trinajstić information content (AvgIpc) is 2.67. The van der Waals surface area contributed by atoms with Crippen molar-refractivity contribution in [2.45, 2.75) is 19.8 Å². The summed E-state index contributed by atoms with van der Waals surface area (Å²) >= 11 is 0. The smallest absolute Gasteiger partial charge is 0.329 e. The van der Waals surface area contributed by atoms with E-state index in [1.807, 2.05) is 12.1 Å². The number of hydrogen-bond acceptors (Lipinski definition) is 5. The summed E-state index contributed by atoms with van der Waals surface area (Å²) in [6, 6.07) is 13.9. The Kier molecular flexibility index (Phi) is 7.27. The molecule has 146 valence electrons. The fourth-order valence-corrected chi connectivity index (χ4v) is 2.16. The molecule has 0 saturated carbocycles. The largest absolute Gasteiger partial charge is 0.484 e. The number of carbonyl (C=O) groups excluding carboxylic acids is 3. The molecule has 4 N–H and O–H groups in total. The molecule has 0 aromatic heterocycles. The van der Waals surface area contributed by atoms with E-state index in [-0.39, 0.29) is 6.61 Å². The topological polar surface area (TPSA) is 123 Å². The normalized spacial score (nSPS) is 10.7. The van der Waals surface area contributed by atoms with Gasteiger partial charge in [0.05, 0.1) is 6.21 Å². The lowest BCUT2D eigenvalue weighted by Crippen LogP contribution is -2.32. The molecule has 0 radical (unpaired) electrons. The summed E-state index contributed by atoms with van der Waals surface area (Å²) < 4.78 is 5.13. The van der Waals surface area contributed by atoms with Gasteiger partial charge >= 0.3 is 11.8 Å². The summed E-state index contributed by atoms with van der Waals surface area (Å²) in [5.74, 6) is -1.41. The molecule has 0 aliphatic heterocycles. The van der Waals surface area contributed by atoms with Crippen molar-refractivity contribution in [1.82, 2.24) is 5.43 Å². The van der Waals surface area contributed by atoms with E-state index in [1.165, 1.54) is 6.21 Å². The number of nitrogens with two attached hydrogens (primary N) is 1. The second kappa shape index (κ2) is 9.86. The van der Waals surface area contributed by atoms with Gasteiger partial charge in [0.2, 0.25) is 0 Å². The number of carbonyl (C=O) groups is 3. The van der Waals surface area contributed by atoms with Crippen molar-refractivity contribution in [2.24, 2.45) is 10.8 Å². The molecule has 28 heavy (non-hydrogen) atoms. The molecule has 8 heteroatoms. The number of hydrogen-bond donors (Lipinski definition) is 3. The van der Waals surface area contributed by atoms with Gasteiger partial charge in [-0.05, 0) is 53.4 Å². The van der Waals surface area contributed by atoms with Gasteiger partial charge in [0, 0.05) is 5.69 Å². The Morgan fingerprint density at radius 3 is 2.25 bits per heavy atom. The fraction of sp³-hybridized carbons (Fsp3) is 0.200. The molecule has 0 heterocycles. The second-order valence-electron chi connectivity index (χ2n) is 6.25. The molecular formula is C20H22N4O4. The van der Waals surface area contributed by atoms with Gasteiger partial charge in [0.15, 0.2) is 6.61 Å². The van der Waals surface area contributed by atoms with Crippen LogP contribution < -0.4 is 21.2 Å². The Morgan fingerprint density at radius 2 is 1.68 bits per heavy atom. The van der Waals surface area contributed by atoms with Crippen LogP contribution in [0.2, 0.25) is 0 Å². The summed E-state index contributed by atoms with van der Waals surface area (Å²) in [6.45, 7) is 3.93. The van der Waals surface area contributed by atoms with Crippen LogP contribution in [0.3, 0.4) is 0 Å². The summed E-state index contributed by atoms with van der Waals surface area (Å²) in [5, 5.41) is 6.25. The highest BCUT2D eigenvalue weighted by Gasteiger charge is 2.12. The number of ether oxygens (including phenoxy) is 1. The van der Waals surface area contributed by atoms with Crippen LogP contribution >= 0.6 is 0 Å². The molecule has 8 nitrogen and oxygen atoms in total. The Labute approximate surface area is 162 Å². The molecule has 0 fully saturated rings. The Bertz CT molecular complexity index is 859. The zero-order valence-electron chi connectivity index (χ0n) is 15.6. The number of anilines is 1. The SMILES string of the molecule is CC(C)c1ccc(NC(=O)C(=O)N/N=C\c2ccc(OCC(N)=O)cc2)cc1. The van der Waals surface area contributed by atoms with E-state index in [0.717, 1.165) is 5.56 Å². The van der Waals surface area contributed by atoms with Crippen molar-refractivity contribution < 1.29 is 19.1 Å². The Balaban J connectivity index is 1.83. The van der Waals surface area contributed by atoms with Gasteiger partial charge in [0.1, 0.15) is 5.75 Å². The maximum atomic E-state index is 11.9. The second-order valence-corrected chi connectivity index (χ2v) is 6.25. The van der Waals surface area contributed by atoms with E-state index in [9.17, 15) is 14.4 Å². The van der Waals surface area contributed by atoms with Crippen molar-refractivity contribution in [2.75, 3.05) is 11.9 Å². The maximum absolute atomic E-state index is 11.9. The Hall–Kier alpha value is -3.68. The number of rotatable bonds is 7. The van der Waals surface area contributed by atoms with Crippen LogP contribution in [0.25, 0.3) is 0 Å². The van der Waals surface area contributed by atoms with Gasteiger partial charge in [-0.25, -0.2) is 5.43 Å². The van der Waals surface area contributed by atoms with Gasteiger partial charge in [-0.15, -0.1) is 0 Å². The van der Waals surface area contributed by atoms with Crippen LogP contribution in [0.5, 0.6) is 5.75 Å². The van der Waals surface area contributed by atoms with Crippen molar-refractivity contribution in [3.63, 3.8) is 0 Å². The van der Waals surface area contributed by atoms with E-state index >= 15 is 0 Å². The van der Waals surface area contributed by atoms with Gasteiger partial charge in [-0.3, -0.25) is 14.4 Å². The van der Waals surface area contributed by atoms with Crippen molar-refractivity contribution >= 4 is 29.6 Å². The molecule has 2 aromatic carbocycles. The van der Waals surface area contributed by atoms with Crippen LogP contribution in [-0.4, -0.2) is 30.5 Å². The minimum atomic E-state index is -0.884. The summed E-state index contributed by atoms with van der Waals surface area (Å²) in [5.41, 5.74) is 9.49. The van der Waals surface area contributed by atoms with Crippen LogP contribution in [0.15, 0.2) is 53.6 Å². The quantitative estimate of drug-likeness (QED) is 0.383. The molecule has 0 saturated heterocycles. The summed E-state index contributed by atoms with van der Waals surface area (Å²) in [6.07, 6.45) is 1.38. The monoisotopic (exact) mass is 382 g/mol. The maximum Gasteiger partial charge on any atom is 0.329 e. The van der Waals surface area contributed by atoms with E-state index in [1.54, 1.807) is 36.4 Å². The molecule has 3 amide bonds. The van der Waals surface area contributed by atoms with Gasteiger partial charge in [-0.1, -0.05) is 26.0 Å². The number of primary amides is 1. The Morgan fingerprint density at radius 1 is 1.04 bits per heavy atom. The number of nitrogens with one attached hydrogen (secondary N) is 2. The lowest BCUT2D eigenvalue weighted by atomic mass is 10.0. The number of nitrogens with zero attached hydrogens (tertiary/aromatic N) is 1. The lowest BCUT2D eigenvalue weighted by molar-refractivity contribution is -0.136. The van der Waals surface area contributed by atoms with Crippen LogP contribution in [0.4, 0.5) is 5.69 Å². The molecule has 0 aliphatic carbocycles. The van der Waals surface area contributed by atoms with Crippen molar-refractivity contribution in [3.8, 4) is 5.75 Å². The first-order valence-electron chi connectivity index (χ1n) is 8.60. The first kappa shape index (κ1) is 20.6. The van der Waals surface area contributed by atoms with Crippen LogP contribution in [0.1, 0.15) is 30.9 Å². The highest BCUT2D eigenvalue weighted by atomic mass is 16.5. The minimum Gasteiger partial charge on any atom is -0.484 e. The lowest BCUT2D eigenvalue weighted by Gasteiger charge is -2.07. The van der Waals surface area contributed by atoms with Gasteiger partial charge < -0.3 is 15.8 Å². The molecule has 0 aliphatic rings. The predicted octanol–water partition coefficient (Wildman–Crippen LogP) is 1.76. The fourth-order valence-electron chi connectivity index (χ4n) is 2.16. The van der Waals surface area contributed by atoms with Crippen molar-refractivity contribution in [1.29, 1.82) is 0 Å². The minimum absolute atomic E-state index is 0.210. The van der Waals surface area contributed by atoms with Crippen LogP contribution in [0, 0.1) is 0 Å². The summed E-state index contributed by atoms with van der Waals surface area (Å²) in [7, 11) is 0. The van der Waals surface area contributed by atoms with Crippen LogP contribution in [-0.2, 0) is 14.4 Å². The van der Waals surface area contributed by atoms with E-state index < -0.39 is 17.7 Å². The van der Waals surface area contributed by atoms with Gasteiger partial charge in [-0.2, -0.15) is 5.10 Å². The first-order valence-corrected chi connectivity index (χ1v) is 8.60. The highest BCUT2D eigenvalue weighted by molar-refractivity contribution is 6.39. The third-order valence-corrected chi connectivity index (χ3v) is 3.68. The standard InChI is InChI=1S/C20H22N4O4/c1-13(2)15-5-7-16(8-6-15)23-19(26)20(27)24-22-11-14-3-9-17(10-4-14)28-12-18(21)25/h3-11,13H,12H2,1-2H3,(H2,21,25)(H,23,26)(H,24,27)/b22-11-. The average molecular weight is 382 g/mol. The van der Waals surface area contributed by atoms with E-state index in [4.69, 9.17) is 10.5 Å². The van der Waals surface area contributed by atoms with E-state index in [0.29, 0.717) is 22.9 Å². The third-order valence-electron chi connectivity index (χ3n) is 3.68. The molecule has 0 spiro atoms. The molecule has 2 aromatic rings. The number of amides is 3. The number of benzene rings is 2. The third kappa shape index (κ3) is 6.56. The first-order chi connectivity index (χ1) is 13.3. The molecular weight excluding hydrogens is 360 g/mol. The zero-order valence-corrected chi connectivity index (χ0v) is 15.6. The molecule has 0 atom stereocenters. The van der Waals surface area contributed by atoms with E-state index in [2.05, 4.69) is 29.7 Å². The molecule has 2 rings (SSSR count). The molecule has 0 bridgehead atoms. The molecule has 0 unspecified atom stereocenters. The predicted molar refractivity (Wildman–Crippen MR) is 106 cm³/mol. The highest BCUT2D eigenvalue weighted by Crippen LogP contribution is 2.17. The number of hydrazone groups is 1. The summed E-state index contributed by atoms with van der Waals surface area (Å²) in [4.78, 5) is 34.4. The van der Waals surface area contributed by atoms with Gasteiger partial charge in [0.25, 0.3) is 5.91 Å². The van der Waals surface area contributed by atoms with Crippen molar-refractivity contribution in [3.05, 3.63) is 59.7 Å². The zero-order chi connectivity index (χ0) is 20.5.